The maximum Gasteiger partial charge on any atom is 0.173 e. The zero-order valence-electron chi connectivity index (χ0n) is 15.3. The van der Waals surface area contributed by atoms with Crippen LogP contribution in [0.3, 0.4) is 0 Å². The molecular weight excluding hydrogens is 356 g/mol. The van der Waals surface area contributed by atoms with Gasteiger partial charge in [-0.3, -0.25) is 0 Å². The van der Waals surface area contributed by atoms with Crippen LogP contribution < -0.4 is 10.5 Å². The predicted octanol–water partition coefficient (Wildman–Crippen LogP) is 4.48. The minimum absolute atomic E-state index is 0.0163. The van der Waals surface area contributed by atoms with E-state index in [0.29, 0.717) is 11.3 Å². The van der Waals surface area contributed by atoms with Gasteiger partial charge in [0.1, 0.15) is 16.8 Å². The first-order valence-corrected chi connectivity index (χ1v) is 9.76. The molecule has 2 aromatic carbocycles. The molecular formula is C21H20N4OS. The van der Waals surface area contributed by atoms with Crippen molar-refractivity contribution in [1.82, 2.24) is 9.36 Å². The summed E-state index contributed by atoms with van der Waals surface area (Å²) < 4.78 is 10.3. The average molecular weight is 376 g/mol. The normalized spacial score (nSPS) is 15.6. The highest BCUT2D eigenvalue weighted by molar-refractivity contribution is 7.09. The van der Waals surface area contributed by atoms with E-state index in [1.54, 1.807) is 0 Å². The number of rotatable bonds is 4. The maximum atomic E-state index is 9.44. The molecule has 136 valence electrons. The number of hydrogen-bond acceptors (Lipinski definition) is 6. The SMILES string of the molecule is CC(C)Oc1ccc(-c2nc(-c3cccc4c3CC[C@@H]4N)ns2)cc1C#N. The second kappa shape index (κ2) is 7.10. The van der Waals surface area contributed by atoms with Crippen LogP contribution in [0.15, 0.2) is 36.4 Å². The summed E-state index contributed by atoms with van der Waals surface area (Å²) in [7, 11) is 0. The summed E-state index contributed by atoms with van der Waals surface area (Å²) in [6, 6.07) is 14.0. The topological polar surface area (TPSA) is 84.8 Å². The van der Waals surface area contributed by atoms with Crippen LogP contribution in [0.5, 0.6) is 5.75 Å². The first-order chi connectivity index (χ1) is 13.1. The molecule has 1 heterocycles. The van der Waals surface area contributed by atoms with E-state index >= 15 is 0 Å². The van der Waals surface area contributed by atoms with Crippen molar-refractivity contribution in [3.8, 4) is 33.8 Å². The van der Waals surface area contributed by atoms with Crippen molar-refractivity contribution in [3.05, 3.63) is 53.1 Å². The third-order valence-corrected chi connectivity index (χ3v) is 5.46. The van der Waals surface area contributed by atoms with Gasteiger partial charge in [0, 0.05) is 17.2 Å². The summed E-state index contributed by atoms with van der Waals surface area (Å²) in [4.78, 5) is 4.74. The first kappa shape index (κ1) is 17.7. The molecule has 5 nitrogen and oxygen atoms in total. The Labute approximate surface area is 162 Å². The summed E-state index contributed by atoms with van der Waals surface area (Å²) in [5.74, 6) is 1.32. The number of fused-ring (bicyclic) bond motifs is 1. The van der Waals surface area contributed by atoms with Crippen LogP contribution in [-0.2, 0) is 6.42 Å². The van der Waals surface area contributed by atoms with E-state index in [2.05, 4.69) is 22.6 Å². The molecule has 1 atom stereocenters. The fourth-order valence-electron chi connectivity index (χ4n) is 3.45. The lowest BCUT2D eigenvalue weighted by molar-refractivity contribution is 0.242. The molecule has 27 heavy (non-hydrogen) atoms. The molecule has 0 saturated heterocycles. The van der Waals surface area contributed by atoms with Crippen LogP contribution in [0.1, 0.15) is 43.0 Å². The Morgan fingerprint density at radius 2 is 2.15 bits per heavy atom. The lowest BCUT2D eigenvalue weighted by Crippen LogP contribution is -2.06. The highest BCUT2D eigenvalue weighted by Gasteiger charge is 2.23. The molecule has 0 saturated carbocycles. The number of hydrogen-bond donors (Lipinski definition) is 1. The van der Waals surface area contributed by atoms with Crippen molar-refractivity contribution in [2.75, 3.05) is 0 Å². The van der Waals surface area contributed by atoms with Gasteiger partial charge in [0.15, 0.2) is 5.82 Å². The van der Waals surface area contributed by atoms with Gasteiger partial charge in [0.05, 0.1) is 11.7 Å². The van der Waals surface area contributed by atoms with Crippen molar-refractivity contribution >= 4 is 11.5 Å². The van der Waals surface area contributed by atoms with E-state index in [1.807, 2.05) is 38.1 Å². The van der Waals surface area contributed by atoms with Gasteiger partial charge in [0.2, 0.25) is 0 Å². The van der Waals surface area contributed by atoms with Gasteiger partial charge in [-0.25, -0.2) is 4.98 Å². The summed E-state index contributed by atoms with van der Waals surface area (Å²) in [5.41, 5.74) is 11.1. The smallest absolute Gasteiger partial charge is 0.173 e. The largest absolute Gasteiger partial charge is 0.490 e. The van der Waals surface area contributed by atoms with Crippen LogP contribution in [-0.4, -0.2) is 15.5 Å². The minimum atomic E-state index is 0.0163. The predicted molar refractivity (Wildman–Crippen MR) is 107 cm³/mol. The number of nitrogens with zero attached hydrogens (tertiary/aromatic N) is 3. The molecule has 1 aliphatic carbocycles. The Morgan fingerprint density at radius 1 is 1.30 bits per heavy atom. The van der Waals surface area contributed by atoms with Crippen molar-refractivity contribution in [3.63, 3.8) is 0 Å². The number of aromatic nitrogens is 2. The number of nitrogens with two attached hydrogens (primary N) is 1. The fraction of sp³-hybridized carbons (Fsp3) is 0.286. The van der Waals surface area contributed by atoms with Gasteiger partial charge >= 0.3 is 0 Å². The van der Waals surface area contributed by atoms with Crippen LogP contribution in [0.25, 0.3) is 22.0 Å². The van der Waals surface area contributed by atoms with Gasteiger partial charge in [-0.1, -0.05) is 18.2 Å². The molecule has 0 spiro atoms. The maximum absolute atomic E-state index is 9.44. The van der Waals surface area contributed by atoms with E-state index in [-0.39, 0.29) is 12.1 Å². The van der Waals surface area contributed by atoms with Crippen LogP contribution >= 0.6 is 11.5 Å². The van der Waals surface area contributed by atoms with Crippen molar-refractivity contribution in [1.29, 1.82) is 5.26 Å². The zero-order chi connectivity index (χ0) is 19.0. The van der Waals surface area contributed by atoms with Gasteiger partial charge in [-0.2, -0.15) is 9.64 Å². The molecule has 0 radical (unpaired) electrons. The number of benzene rings is 2. The zero-order valence-corrected chi connectivity index (χ0v) is 16.1. The molecule has 1 aromatic heterocycles. The Kier molecular flexibility index (Phi) is 4.65. The first-order valence-electron chi connectivity index (χ1n) is 8.99. The quantitative estimate of drug-likeness (QED) is 0.726. The van der Waals surface area contributed by atoms with Gasteiger partial charge in [-0.15, -0.1) is 0 Å². The summed E-state index contributed by atoms with van der Waals surface area (Å²) in [6.45, 7) is 3.88. The molecule has 2 N–H and O–H groups in total. The van der Waals surface area contributed by atoms with Crippen molar-refractivity contribution in [2.24, 2.45) is 5.73 Å². The summed E-state index contributed by atoms with van der Waals surface area (Å²) >= 11 is 1.34. The lowest BCUT2D eigenvalue weighted by Gasteiger charge is -2.11. The second-order valence-electron chi connectivity index (χ2n) is 6.93. The molecule has 0 unspecified atom stereocenters. The average Bonchev–Trinajstić information content (AvgIpc) is 3.29. The molecule has 3 aromatic rings. The second-order valence-corrected chi connectivity index (χ2v) is 7.68. The third kappa shape index (κ3) is 3.32. The number of ether oxygens (including phenoxy) is 1. The number of nitriles is 1. The van der Waals surface area contributed by atoms with E-state index in [1.165, 1.54) is 22.7 Å². The molecule has 4 rings (SSSR count). The highest BCUT2D eigenvalue weighted by Crippen LogP contribution is 2.37. The van der Waals surface area contributed by atoms with Gasteiger partial charge in [-0.05, 0) is 67.5 Å². The molecule has 0 fully saturated rings. The Morgan fingerprint density at radius 3 is 2.93 bits per heavy atom. The van der Waals surface area contributed by atoms with Crippen molar-refractivity contribution < 1.29 is 4.74 Å². The van der Waals surface area contributed by atoms with Crippen LogP contribution in [0.2, 0.25) is 0 Å². The molecule has 6 heteroatoms. The summed E-state index contributed by atoms with van der Waals surface area (Å²) in [6.07, 6.45) is 1.94. The Hall–Kier alpha value is -2.75. The molecule has 0 aliphatic heterocycles. The highest BCUT2D eigenvalue weighted by atomic mass is 32.1. The Balaban J connectivity index is 1.69. The standard InChI is InChI=1S/C21H20N4OS/c1-12(2)26-19-9-6-13(10-14(19)11-22)21-24-20(25-27-21)17-5-3-4-16-15(17)7-8-18(16)23/h3-6,9-10,12,18H,7-8,23H2,1-2H3/t18-/m0/s1. The molecule has 0 bridgehead atoms. The minimum Gasteiger partial charge on any atom is -0.490 e. The van der Waals surface area contributed by atoms with Crippen molar-refractivity contribution in [2.45, 2.75) is 38.8 Å². The van der Waals surface area contributed by atoms with E-state index in [9.17, 15) is 5.26 Å². The fourth-order valence-corrected chi connectivity index (χ4v) is 4.12. The monoisotopic (exact) mass is 376 g/mol. The molecule has 1 aliphatic rings. The molecule has 0 amide bonds. The van der Waals surface area contributed by atoms with Crippen LogP contribution in [0, 0.1) is 11.3 Å². The van der Waals surface area contributed by atoms with E-state index in [4.69, 9.17) is 15.5 Å². The third-order valence-electron chi connectivity index (χ3n) is 4.69. The van der Waals surface area contributed by atoms with Gasteiger partial charge < -0.3 is 10.5 Å². The lowest BCUT2D eigenvalue weighted by atomic mass is 10.0. The van der Waals surface area contributed by atoms with Crippen LogP contribution in [0.4, 0.5) is 0 Å². The summed E-state index contributed by atoms with van der Waals surface area (Å²) in [5, 5.41) is 10.2. The Bertz CT molecular complexity index is 1030. The van der Waals surface area contributed by atoms with Gasteiger partial charge in [0.25, 0.3) is 0 Å². The van der Waals surface area contributed by atoms with E-state index in [0.717, 1.165) is 34.8 Å². The van der Waals surface area contributed by atoms with E-state index < -0.39 is 0 Å².